The minimum Gasteiger partial charge on any atom is -0.382 e. The monoisotopic (exact) mass is 217 g/mol. The number of benzene rings is 1. The molecule has 0 amide bonds. The number of para-hydroxylation sites is 1. The zero-order valence-electron chi connectivity index (χ0n) is 10.5. The molecule has 0 radical (unpaired) electrons. The molecular weight excluding hydrogens is 194 g/mol. The van der Waals surface area contributed by atoms with Crippen LogP contribution in [0.5, 0.6) is 0 Å². The molecule has 0 heterocycles. The molecule has 16 heavy (non-hydrogen) atoms. The number of rotatable bonds is 3. The number of hydrogen-bond acceptors (Lipinski definition) is 1. The standard InChI is InChI=1S/C15H23N/c1-3-13-9-5-7-11-15(13)16-14-10-6-4-8-12(14)2/h4,6,8,10,13,15-16H,3,5,7,9,11H2,1-2H3. The number of nitrogens with one attached hydrogen (secondary N) is 1. The molecule has 0 aromatic heterocycles. The van der Waals surface area contributed by atoms with E-state index in [9.17, 15) is 0 Å². The van der Waals surface area contributed by atoms with Gasteiger partial charge in [0, 0.05) is 11.7 Å². The Morgan fingerprint density at radius 2 is 1.94 bits per heavy atom. The maximum atomic E-state index is 3.75. The molecular formula is C15H23N. The molecule has 1 nitrogen and oxygen atoms in total. The van der Waals surface area contributed by atoms with Gasteiger partial charge >= 0.3 is 0 Å². The van der Waals surface area contributed by atoms with Crippen LogP contribution in [0.3, 0.4) is 0 Å². The highest BCUT2D eigenvalue weighted by Gasteiger charge is 2.23. The number of aryl methyl sites for hydroxylation is 1. The first kappa shape index (κ1) is 11.5. The second-order valence-corrected chi connectivity index (χ2v) is 5.02. The van der Waals surface area contributed by atoms with E-state index in [0.717, 1.165) is 5.92 Å². The Hall–Kier alpha value is -0.980. The molecule has 2 unspecified atom stereocenters. The highest BCUT2D eigenvalue weighted by molar-refractivity contribution is 5.51. The topological polar surface area (TPSA) is 12.0 Å². The summed E-state index contributed by atoms with van der Waals surface area (Å²) in [6.07, 6.45) is 6.86. The SMILES string of the molecule is CCC1CCCCC1Nc1ccccc1C. The van der Waals surface area contributed by atoms with Crippen LogP contribution in [0.25, 0.3) is 0 Å². The second-order valence-electron chi connectivity index (χ2n) is 5.02. The maximum absolute atomic E-state index is 3.75. The first-order valence-corrected chi connectivity index (χ1v) is 6.63. The summed E-state index contributed by atoms with van der Waals surface area (Å²) in [4.78, 5) is 0. The molecule has 1 aliphatic rings. The molecule has 1 fully saturated rings. The van der Waals surface area contributed by atoms with E-state index in [0.29, 0.717) is 6.04 Å². The minimum atomic E-state index is 0.694. The lowest BCUT2D eigenvalue weighted by molar-refractivity contribution is 0.317. The Morgan fingerprint density at radius 1 is 1.19 bits per heavy atom. The van der Waals surface area contributed by atoms with Crippen molar-refractivity contribution in [3.8, 4) is 0 Å². The summed E-state index contributed by atoms with van der Waals surface area (Å²) in [5.41, 5.74) is 2.69. The van der Waals surface area contributed by atoms with Gasteiger partial charge in [0.25, 0.3) is 0 Å². The van der Waals surface area contributed by atoms with Gasteiger partial charge < -0.3 is 5.32 Å². The lowest BCUT2D eigenvalue weighted by Crippen LogP contribution is -2.32. The van der Waals surface area contributed by atoms with E-state index in [1.165, 1.54) is 43.4 Å². The first-order valence-electron chi connectivity index (χ1n) is 6.63. The van der Waals surface area contributed by atoms with Gasteiger partial charge in [0.05, 0.1) is 0 Å². The van der Waals surface area contributed by atoms with Gasteiger partial charge in [-0.1, -0.05) is 44.4 Å². The van der Waals surface area contributed by atoms with Gasteiger partial charge in [-0.25, -0.2) is 0 Å². The molecule has 1 aromatic rings. The van der Waals surface area contributed by atoms with E-state index in [1.807, 2.05) is 0 Å². The number of anilines is 1. The fraction of sp³-hybridized carbons (Fsp3) is 0.600. The molecule has 0 aliphatic heterocycles. The van der Waals surface area contributed by atoms with Gasteiger partial charge in [0.15, 0.2) is 0 Å². The molecule has 1 aromatic carbocycles. The Bertz CT molecular complexity index is 332. The molecule has 1 heteroatoms. The van der Waals surface area contributed by atoms with E-state index < -0.39 is 0 Å². The van der Waals surface area contributed by atoms with Crippen LogP contribution in [0, 0.1) is 12.8 Å². The molecule has 0 bridgehead atoms. The third-order valence-corrected chi connectivity index (χ3v) is 3.92. The molecule has 2 atom stereocenters. The van der Waals surface area contributed by atoms with E-state index in [2.05, 4.69) is 43.4 Å². The fourth-order valence-electron chi connectivity index (χ4n) is 2.82. The van der Waals surface area contributed by atoms with Crippen LogP contribution in [-0.2, 0) is 0 Å². The van der Waals surface area contributed by atoms with Crippen molar-refractivity contribution in [2.75, 3.05) is 5.32 Å². The quantitative estimate of drug-likeness (QED) is 0.792. The van der Waals surface area contributed by atoms with Crippen molar-refractivity contribution in [3.05, 3.63) is 29.8 Å². The van der Waals surface area contributed by atoms with Gasteiger partial charge in [-0.15, -0.1) is 0 Å². The second kappa shape index (κ2) is 5.38. The Morgan fingerprint density at radius 3 is 2.69 bits per heavy atom. The van der Waals surface area contributed by atoms with Crippen molar-refractivity contribution >= 4 is 5.69 Å². The van der Waals surface area contributed by atoms with Crippen molar-refractivity contribution in [1.29, 1.82) is 0 Å². The smallest absolute Gasteiger partial charge is 0.0372 e. The van der Waals surface area contributed by atoms with Crippen LogP contribution >= 0.6 is 0 Å². The Kier molecular flexibility index (Phi) is 3.87. The average molecular weight is 217 g/mol. The Labute approximate surface area is 99.3 Å². The largest absolute Gasteiger partial charge is 0.382 e. The zero-order valence-corrected chi connectivity index (χ0v) is 10.5. The van der Waals surface area contributed by atoms with Gasteiger partial charge in [0.1, 0.15) is 0 Å². The molecule has 1 saturated carbocycles. The van der Waals surface area contributed by atoms with Crippen LogP contribution < -0.4 is 5.32 Å². The molecule has 0 saturated heterocycles. The van der Waals surface area contributed by atoms with Gasteiger partial charge in [0.2, 0.25) is 0 Å². The summed E-state index contributed by atoms with van der Waals surface area (Å²) >= 11 is 0. The van der Waals surface area contributed by atoms with Crippen LogP contribution in [0.15, 0.2) is 24.3 Å². The summed E-state index contributed by atoms with van der Waals surface area (Å²) in [7, 11) is 0. The van der Waals surface area contributed by atoms with Crippen LogP contribution in [-0.4, -0.2) is 6.04 Å². The normalized spacial score (nSPS) is 25.4. The van der Waals surface area contributed by atoms with Crippen molar-refractivity contribution in [2.24, 2.45) is 5.92 Å². The highest BCUT2D eigenvalue weighted by Crippen LogP contribution is 2.30. The van der Waals surface area contributed by atoms with E-state index in [4.69, 9.17) is 0 Å². The van der Waals surface area contributed by atoms with Crippen LogP contribution in [0.2, 0.25) is 0 Å². The highest BCUT2D eigenvalue weighted by atomic mass is 14.9. The molecule has 1 N–H and O–H groups in total. The van der Waals surface area contributed by atoms with Crippen LogP contribution in [0.1, 0.15) is 44.6 Å². The summed E-state index contributed by atoms with van der Waals surface area (Å²) < 4.78 is 0. The third kappa shape index (κ3) is 2.58. The van der Waals surface area contributed by atoms with E-state index in [-0.39, 0.29) is 0 Å². The molecule has 2 rings (SSSR count). The maximum Gasteiger partial charge on any atom is 0.0372 e. The molecule has 1 aliphatic carbocycles. The van der Waals surface area contributed by atoms with Gasteiger partial charge in [-0.3, -0.25) is 0 Å². The summed E-state index contributed by atoms with van der Waals surface area (Å²) in [6.45, 7) is 4.51. The lowest BCUT2D eigenvalue weighted by atomic mass is 9.82. The van der Waals surface area contributed by atoms with Crippen molar-refractivity contribution in [3.63, 3.8) is 0 Å². The predicted molar refractivity (Wildman–Crippen MR) is 70.8 cm³/mol. The van der Waals surface area contributed by atoms with Gasteiger partial charge in [-0.05, 0) is 37.3 Å². The van der Waals surface area contributed by atoms with Crippen LogP contribution in [0.4, 0.5) is 5.69 Å². The fourth-order valence-corrected chi connectivity index (χ4v) is 2.82. The zero-order chi connectivity index (χ0) is 11.4. The van der Waals surface area contributed by atoms with Crippen molar-refractivity contribution in [1.82, 2.24) is 0 Å². The van der Waals surface area contributed by atoms with Crippen molar-refractivity contribution < 1.29 is 0 Å². The minimum absolute atomic E-state index is 0.694. The molecule has 88 valence electrons. The summed E-state index contributed by atoms with van der Waals surface area (Å²) in [5, 5.41) is 3.75. The Balaban J connectivity index is 2.05. The van der Waals surface area contributed by atoms with E-state index >= 15 is 0 Å². The number of hydrogen-bond donors (Lipinski definition) is 1. The summed E-state index contributed by atoms with van der Waals surface area (Å²) in [5.74, 6) is 0.869. The first-order chi connectivity index (χ1) is 7.81. The third-order valence-electron chi connectivity index (χ3n) is 3.92. The van der Waals surface area contributed by atoms with Gasteiger partial charge in [-0.2, -0.15) is 0 Å². The lowest BCUT2D eigenvalue weighted by Gasteiger charge is -2.32. The van der Waals surface area contributed by atoms with Crippen molar-refractivity contribution in [2.45, 2.75) is 52.0 Å². The van der Waals surface area contributed by atoms with E-state index in [1.54, 1.807) is 0 Å². The average Bonchev–Trinajstić information content (AvgIpc) is 2.33. The predicted octanol–water partition coefficient (Wildman–Crippen LogP) is 4.38. The summed E-state index contributed by atoms with van der Waals surface area (Å²) in [6, 6.07) is 9.32. The molecule has 0 spiro atoms.